The van der Waals surface area contributed by atoms with Crippen LogP contribution in [0.1, 0.15) is 11.1 Å². The third-order valence-electron chi connectivity index (χ3n) is 3.36. The maximum atomic E-state index is 12.4. The fraction of sp³-hybridized carbons (Fsp3) is 0.188. The Balaban J connectivity index is 2.21. The topological polar surface area (TPSA) is 75.3 Å². The summed E-state index contributed by atoms with van der Waals surface area (Å²) in [5, 5.41) is 2.93. The Morgan fingerprint density at radius 3 is 2.39 bits per heavy atom. The third-order valence-corrected chi connectivity index (χ3v) is 5.29. The molecule has 0 aliphatic carbocycles. The molecule has 0 heterocycles. The van der Waals surface area contributed by atoms with Crippen molar-refractivity contribution in [2.24, 2.45) is 0 Å². The molecule has 2 aromatic carbocycles. The Labute approximate surface area is 140 Å². The lowest BCUT2D eigenvalue weighted by Crippen LogP contribution is -2.20. The number of anilines is 1. The molecule has 0 spiro atoms. The quantitative estimate of drug-likeness (QED) is 0.868. The van der Waals surface area contributed by atoms with Crippen LogP contribution < -0.4 is 10.0 Å². The minimum Gasteiger partial charge on any atom is -0.359 e. The molecule has 0 aliphatic rings. The molecule has 7 heteroatoms. The summed E-state index contributed by atoms with van der Waals surface area (Å²) in [7, 11) is -2.15. The highest BCUT2D eigenvalue weighted by atomic mass is 35.5. The van der Waals surface area contributed by atoms with E-state index in [0.717, 1.165) is 5.56 Å². The average Bonchev–Trinajstić information content (AvgIpc) is 2.51. The lowest BCUT2D eigenvalue weighted by Gasteiger charge is -2.11. The number of carbonyl (C=O) groups excluding carboxylic acids is 1. The Bertz CT molecular complexity index is 818. The smallest absolute Gasteiger partial charge is 0.262 e. The van der Waals surface area contributed by atoms with E-state index < -0.39 is 10.0 Å². The van der Waals surface area contributed by atoms with Crippen molar-refractivity contribution < 1.29 is 13.2 Å². The zero-order valence-corrected chi connectivity index (χ0v) is 14.3. The Kier molecular flexibility index (Phi) is 5.28. The van der Waals surface area contributed by atoms with Gasteiger partial charge in [0.2, 0.25) is 5.91 Å². The number of amides is 1. The van der Waals surface area contributed by atoms with E-state index in [-0.39, 0.29) is 17.2 Å². The second-order valence-electron chi connectivity index (χ2n) is 5.02. The van der Waals surface area contributed by atoms with Crippen molar-refractivity contribution in [2.45, 2.75) is 18.2 Å². The minimum absolute atomic E-state index is 0.104. The number of rotatable bonds is 5. The first-order valence-electron chi connectivity index (χ1n) is 6.91. The van der Waals surface area contributed by atoms with Gasteiger partial charge < -0.3 is 5.32 Å². The molecule has 1 amide bonds. The van der Waals surface area contributed by atoms with Crippen molar-refractivity contribution in [1.82, 2.24) is 5.32 Å². The van der Waals surface area contributed by atoms with Gasteiger partial charge in [0.05, 0.1) is 11.3 Å². The SMILES string of the molecule is CNC(=O)Cc1ccc(NS(=O)(=O)c2cccc(Cl)c2C)cc1. The summed E-state index contributed by atoms with van der Waals surface area (Å²) in [6, 6.07) is 11.4. The number of hydrogen-bond acceptors (Lipinski definition) is 3. The number of halogens is 1. The van der Waals surface area contributed by atoms with Crippen LogP contribution in [-0.4, -0.2) is 21.4 Å². The molecular formula is C16H17ClN2O3S. The first-order valence-corrected chi connectivity index (χ1v) is 8.77. The molecule has 0 aromatic heterocycles. The normalized spacial score (nSPS) is 11.1. The highest BCUT2D eigenvalue weighted by Gasteiger charge is 2.18. The van der Waals surface area contributed by atoms with Crippen molar-refractivity contribution in [1.29, 1.82) is 0 Å². The highest BCUT2D eigenvalue weighted by molar-refractivity contribution is 7.92. The van der Waals surface area contributed by atoms with E-state index in [1.807, 2.05) is 0 Å². The summed E-state index contributed by atoms with van der Waals surface area (Å²) in [4.78, 5) is 11.5. The molecule has 0 radical (unpaired) electrons. The molecule has 0 bridgehead atoms. The summed E-state index contributed by atoms with van der Waals surface area (Å²) in [6.45, 7) is 1.66. The summed E-state index contributed by atoms with van der Waals surface area (Å²) in [6.07, 6.45) is 0.247. The van der Waals surface area contributed by atoms with Crippen molar-refractivity contribution in [3.8, 4) is 0 Å². The molecule has 0 unspecified atom stereocenters. The maximum Gasteiger partial charge on any atom is 0.262 e. The summed E-state index contributed by atoms with van der Waals surface area (Å²) in [5.41, 5.74) is 1.72. The lowest BCUT2D eigenvalue weighted by molar-refractivity contribution is -0.119. The number of benzene rings is 2. The van der Waals surface area contributed by atoms with Gasteiger partial charge in [-0.15, -0.1) is 0 Å². The van der Waals surface area contributed by atoms with Gasteiger partial charge in [-0.2, -0.15) is 0 Å². The van der Waals surface area contributed by atoms with E-state index >= 15 is 0 Å². The van der Waals surface area contributed by atoms with Gasteiger partial charge in [-0.3, -0.25) is 9.52 Å². The predicted molar refractivity (Wildman–Crippen MR) is 91.2 cm³/mol. The van der Waals surface area contributed by atoms with Gasteiger partial charge in [0, 0.05) is 17.8 Å². The van der Waals surface area contributed by atoms with Gasteiger partial charge in [0.25, 0.3) is 10.0 Å². The van der Waals surface area contributed by atoms with Crippen LogP contribution in [0.3, 0.4) is 0 Å². The van der Waals surface area contributed by atoms with E-state index in [1.54, 1.807) is 50.4 Å². The molecule has 2 rings (SSSR count). The maximum absolute atomic E-state index is 12.4. The van der Waals surface area contributed by atoms with Gasteiger partial charge in [0.1, 0.15) is 0 Å². The van der Waals surface area contributed by atoms with Crippen LogP contribution in [0.15, 0.2) is 47.4 Å². The van der Waals surface area contributed by atoms with Crippen LogP contribution in [0.4, 0.5) is 5.69 Å². The number of carbonyl (C=O) groups is 1. The largest absolute Gasteiger partial charge is 0.359 e. The molecule has 0 saturated heterocycles. The molecule has 122 valence electrons. The first kappa shape index (κ1) is 17.3. The number of likely N-dealkylation sites (N-methyl/N-ethyl adjacent to an activating group) is 1. The van der Waals surface area contributed by atoms with E-state index in [9.17, 15) is 13.2 Å². The lowest BCUT2D eigenvalue weighted by atomic mass is 10.1. The Morgan fingerprint density at radius 2 is 1.78 bits per heavy atom. The van der Waals surface area contributed by atoms with Gasteiger partial charge in [-0.1, -0.05) is 29.8 Å². The van der Waals surface area contributed by atoms with Crippen LogP contribution in [0.25, 0.3) is 0 Å². The van der Waals surface area contributed by atoms with E-state index in [0.29, 0.717) is 16.3 Å². The van der Waals surface area contributed by atoms with Crippen molar-refractivity contribution >= 4 is 33.2 Å². The molecule has 0 atom stereocenters. The summed E-state index contributed by atoms with van der Waals surface area (Å²) in [5.74, 6) is -0.104. The molecule has 0 aliphatic heterocycles. The van der Waals surface area contributed by atoms with Crippen LogP contribution in [0.5, 0.6) is 0 Å². The molecule has 0 fully saturated rings. The third kappa shape index (κ3) is 4.24. The number of hydrogen-bond donors (Lipinski definition) is 2. The van der Waals surface area contributed by atoms with Crippen LogP contribution in [-0.2, 0) is 21.2 Å². The number of nitrogens with one attached hydrogen (secondary N) is 2. The molecule has 2 N–H and O–H groups in total. The van der Waals surface area contributed by atoms with Gasteiger partial charge in [-0.05, 0) is 42.3 Å². The number of sulfonamides is 1. The standard InChI is InChI=1S/C16H17ClN2O3S/c1-11-14(17)4-3-5-15(11)23(21,22)19-13-8-6-12(7-9-13)10-16(20)18-2/h3-9,19H,10H2,1-2H3,(H,18,20). The Morgan fingerprint density at radius 1 is 1.13 bits per heavy atom. The molecule has 5 nitrogen and oxygen atoms in total. The Hall–Kier alpha value is -2.05. The van der Waals surface area contributed by atoms with Crippen molar-refractivity contribution in [3.05, 3.63) is 58.6 Å². The van der Waals surface area contributed by atoms with E-state index in [1.165, 1.54) is 6.07 Å². The fourth-order valence-corrected chi connectivity index (χ4v) is 3.61. The average molecular weight is 353 g/mol. The van der Waals surface area contributed by atoms with Crippen LogP contribution in [0.2, 0.25) is 5.02 Å². The van der Waals surface area contributed by atoms with Crippen LogP contribution in [0, 0.1) is 6.92 Å². The first-order chi connectivity index (χ1) is 10.8. The molecule has 0 saturated carbocycles. The minimum atomic E-state index is -3.72. The van der Waals surface area contributed by atoms with Crippen molar-refractivity contribution in [3.63, 3.8) is 0 Å². The van der Waals surface area contributed by atoms with Gasteiger partial charge in [0.15, 0.2) is 0 Å². The fourth-order valence-electron chi connectivity index (χ4n) is 2.05. The second kappa shape index (κ2) is 7.02. The summed E-state index contributed by atoms with van der Waals surface area (Å²) >= 11 is 5.98. The van der Waals surface area contributed by atoms with Crippen molar-refractivity contribution in [2.75, 3.05) is 11.8 Å². The van der Waals surface area contributed by atoms with Gasteiger partial charge >= 0.3 is 0 Å². The monoisotopic (exact) mass is 352 g/mol. The second-order valence-corrected chi connectivity index (χ2v) is 7.07. The highest BCUT2D eigenvalue weighted by Crippen LogP contribution is 2.24. The zero-order chi connectivity index (χ0) is 17.0. The molecular weight excluding hydrogens is 336 g/mol. The zero-order valence-electron chi connectivity index (χ0n) is 12.8. The predicted octanol–water partition coefficient (Wildman–Crippen LogP) is 2.74. The van der Waals surface area contributed by atoms with Gasteiger partial charge in [-0.25, -0.2) is 8.42 Å². The van der Waals surface area contributed by atoms with Crippen LogP contribution >= 0.6 is 11.6 Å². The van der Waals surface area contributed by atoms with E-state index in [2.05, 4.69) is 10.0 Å². The summed E-state index contributed by atoms with van der Waals surface area (Å²) < 4.78 is 27.4. The molecule has 2 aromatic rings. The van der Waals surface area contributed by atoms with E-state index in [4.69, 9.17) is 11.6 Å². The molecule has 23 heavy (non-hydrogen) atoms.